The van der Waals surface area contributed by atoms with Crippen LogP contribution in [-0.2, 0) is 10.0 Å². The number of nitrogens with zero attached hydrogens (tertiary/aromatic N) is 3. The van der Waals surface area contributed by atoms with Crippen LogP contribution in [0.2, 0.25) is 0 Å². The van der Waals surface area contributed by atoms with Crippen molar-refractivity contribution in [1.82, 2.24) is 9.61 Å². The fourth-order valence-electron chi connectivity index (χ4n) is 3.84. The first-order chi connectivity index (χ1) is 17.2. The second kappa shape index (κ2) is 9.15. The molecule has 0 aliphatic heterocycles. The van der Waals surface area contributed by atoms with Crippen LogP contribution in [0.1, 0.15) is 19.8 Å². The predicted octanol–water partition coefficient (Wildman–Crippen LogP) is 5.29. The molecule has 1 fully saturated rings. The molecule has 2 aromatic heterocycles. The number of halogens is 2. The van der Waals surface area contributed by atoms with E-state index in [0.717, 1.165) is 17.6 Å². The zero-order chi connectivity index (χ0) is 25.4. The minimum Gasteiger partial charge on any atom is -0.345 e. The van der Waals surface area contributed by atoms with Crippen molar-refractivity contribution in [3.8, 4) is 22.3 Å². The molecule has 0 radical (unpaired) electrons. The molecule has 0 saturated heterocycles. The highest BCUT2D eigenvalue weighted by Gasteiger charge is 2.35. The monoisotopic (exact) mass is 508 g/mol. The van der Waals surface area contributed by atoms with Crippen molar-refractivity contribution < 1.29 is 17.2 Å². The van der Waals surface area contributed by atoms with E-state index < -0.39 is 26.9 Å². The summed E-state index contributed by atoms with van der Waals surface area (Å²) in [5.74, 6) is -1.29. The van der Waals surface area contributed by atoms with E-state index in [2.05, 4.69) is 20.1 Å². The number of nitrogens with one attached hydrogen (secondary N) is 3. The number of pyridine rings is 1. The van der Waals surface area contributed by atoms with Crippen LogP contribution in [0.4, 0.5) is 20.2 Å². The molecular weight excluding hydrogens is 486 g/mol. The third-order valence-electron chi connectivity index (χ3n) is 5.72. The Morgan fingerprint density at radius 3 is 2.53 bits per heavy atom. The number of aromatic nitrogens is 2. The fraction of sp³-hybridized carbons (Fsp3) is 0.160. The van der Waals surface area contributed by atoms with Gasteiger partial charge in [0.05, 0.1) is 35.2 Å². The Balaban J connectivity index is 1.58. The molecule has 0 unspecified atom stereocenters. The molecule has 4 aromatic rings. The Morgan fingerprint density at radius 1 is 1.08 bits per heavy atom. The van der Waals surface area contributed by atoms with E-state index in [4.69, 9.17) is 5.41 Å². The van der Waals surface area contributed by atoms with Gasteiger partial charge >= 0.3 is 0 Å². The van der Waals surface area contributed by atoms with Gasteiger partial charge in [-0.3, -0.25) is 10.1 Å². The first kappa shape index (κ1) is 23.6. The number of hydrogen-bond donors (Lipinski definition) is 3. The molecule has 1 aliphatic carbocycles. The van der Waals surface area contributed by atoms with Gasteiger partial charge in [-0.15, -0.1) is 0 Å². The van der Waals surface area contributed by atoms with E-state index in [-0.39, 0.29) is 17.1 Å². The Hall–Kier alpha value is -4.12. The summed E-state index contributed by atoms with van der Waals surface area (Å²) in [6.07, 6.45) is 5.98. The molecule has 3 N–H and O–H groups in total. The highest BCUT2D eigenvalue weighted by molar-refractivity contribution is 7.93. The van der Waals surface area contributed by atoms with Crippen LogP contribution in [0.3, 0.4) is 0 Å². The molecule has 2 heterocycles. The molecule has 1 aliphatic rings. The Bertz CT molecular complexity index is 1630. The maximum atomic E-state index is 14.6. The highest BCUT2D eigenvalue weighted by atomic mass is 32.2. The van der Waals surface area contributed by atoms with Crippen LogP contribution >= 0.6 is 0 Å². The molecule has 184 valence electrons. The molecule has 36 heavy (non-hydrogen) atoms. The number of fused-ring (bicyclic) bond motifs is 1. The largest absolute Gasteiger partial charge is 0.345 e. The third-order valence-corrected chi connectivity index (χ3v) is 7.58. The summed E-state index contributed by atoms with van der Waals surface area (Å²) in [6.45, 7) is 1.56. The Kier molecular flexibility index (Phi) is 6.00. The average molecular weight is 509 g/mol. The first-order valence-corrected chi connectivity index (χ1v) is 12.7. The number of rotatable bonds is 7. The molecule has 1 saturated carbocycles. The van der Waals surface area contributed by atoms with Gasteiger partial charge in [-0.1, -0.05) is 0 Å². The highest BCUT2D eigenvalue weighted by Crippen LogP contribution is 2.36. The van der Waals surface area contributed by atoms with E-state index in [1.807, 2.05) is 12.1 Å². The normalized spacial score (nSPS) is 13.9. The number of anilines is 2. The number of benzene rings is 2. The summed E-state index contributed by atoms with van der Waals surface area (Å²) in [5.41, 5.74) is 3.57. The van der Waals surface area contributed by atoms with Gasteiger partial charge in [0.2, 0.25) is 10.0 Å². The van der Waals surface area contributed by atoms with Gasteiger partial charge in [0.1, 0.15) is 17.5 Å². The zero-order valence-electron chi connectivity index (χ0n) is 19.2. The van der Waals surface area contributed by atoms with Crippen molar-refractivity contribution in [2.75, 3.05) is 10.0 Å². The molecule has 0 amide bonds. The summed E-state index contributed by atoms with van der Waals surface area (Å²) >= 11 is 0. The van der Waals surface area contributed by atoms with Gasteiger partial charge < -0.3 is 5.32 Å². The van der Waals surface area contributed by atoms with E-state index in [9.17, 15) is 17.2 Å². The Labute approximate surface area is 206 Å². The Morgan fingerprint density at radius 2 is 1.83 bits per heavy atom. The zero-order valence-corrected chi connectivity index (χ0v) is 20.0. The fourth-order valence-corrected chi connectivity index (χ4v) is 5.21. The summed E-state index contributed by atoms with van der Waals surface area (Å²) < 4.78 is 57.7. The van der Waals surface area contributed by atoms with Crippen LogP contribution < -0.4 is 10.0 Å². The second-order valence-corrected chi connectivity index (χ2v) is 10.5. The van der Waals surface area contributed by atoms with Crippen molar-refractivity contribution in [3.05, 3.63) is 72.6 Å². The van der Waals surface area contributed by atoms with Crippen LogP contribution in [0.15, 0.2) is 65.9 Å². The van der Waals surface area contributed by atoms with Crippen LogP contribution in [0, 0.1) is 17.0 Å². The quantitative estimate of drug-likeness (QED) is 0.233. The van der Waals surface area contributed by atoms with E-state index >= 15 is 0 Å². The molecular formula is C25H22F2N6O2S. The smallest absolute Gasteiger partial charge is 0.235 e. The summed E-state index contributed by atoms with van der Waals surface area (Å²) in [4.78, 5) is 3.87. The van der Waals surface area contributed by atoms with Crippen molar-refractivity contribution in [2.24, 2.45) is 4.99 Å². The number of amidine groups is 1. The summed E-state index contributed by atoms with van der Waals surface area (Å²) in [5, 5.41) is 14.3. The molecule has 8 nitrogen and oxygen atoms in total. The minimum atomic E-state index is -3.56. The van der Waals surface area contributed by atoms with Crippen LogP contribution in [0.25, 0.3) is 27.8 Å². The lowest BCUT2D eigenvalue weighted by Gasteiger charge is -2.13. The molecule has 5 rings (SSSR count). The standard InChI is InChI=1S/C25H22F2N6O2S/c1-15(28)29-14-30-19-3-7-25-23(12-31-33(25)13-19)17-8-16(22-6-2-18(26)11-24(22)27)9-20(10-17)32-36(34,35)21-4-5-21/h2-3,6-14,21,32H,4-5H2,1H3,(H2,28,29,30). The molecule has 11 heteroatoms. The third kappa shape index (κ3) is 4.96. The molecule has 2 aromatic carbocycles. The maximum absolute atomic E-state index is 14.6. The van der Waals surface area contributed by atoms with Crippen molar-refractivity contribution >= 4 is 39.1 Å². The lowest BCUT2D eigenvalue weighted by molar-refractivity contribution is 0.585. The van der Waals surface area contributed by atoms with Crippen molar-refractivity contribution in [3.63, 3.8) is 0 Å². The summed E-state index contributed by atoms with van der Waals surface area (Å²) in [7, 11) is -3.56. The van der Waals surface area contributed by atoms with E-state index in [0.29, 0.717) is 35.2 Å². The van der Waals surface area contributed by atoms with Crippen molar-refractivity contribution in [1.29, 1.82) is 5.41 Å². The van der Waals surface area contributed by atoms with Gasteiger partial charge in [-0.2, -0.15) is 5.10 Å². The lowest BCUT2D eigenvalue weighted by Crippen LogP contribution is -2.17. The van der Waals surface area contributed by atoms with E-state index in [1.54, 1.807) is 36.0 Å². The maximum Gasteiger partial charge on any atom is 0.235 e. The molecule has 0 spiro atoms. The SMILES string of the molecule is CC(=N)/N=C\Nc1ccc2c(-c3cc(NS(=O)(=O)C4CC4)cc(-c4ccc(F)cc4F)c3)cnn2c1. The van der Waals surface area contributed by atoms with Gasteiger partial charge in [0.25, 0.3) is 0 Å². The summed E-state index contributed by atoms with van der Waals surface area (Å²) in [6, 6.07) is 11.9. The number of hydrogen-bond acceptors (Lipinski definition) is 4. The van der Waals surface area contributed by atoms with Gasteiger partial charge in [0.15, 0.2) is 0 Å². The average Bonchev–Trinajstić information content (AvgIpc) is 3.59. The second-order valence-electron chi connectivity index (χ2n) is 8.56. The van der Waals surface area contributed by atoms with Crippen LogP contribution in [-0.4, -0.2) is 35.5 Å². The van der Waals surface area contributed by atoms with Crippen molar-refractivity contribution in [2.45, 2.75) is 25.0 Å². The van der Waals surface area contributed by atoms with Gasteiger partial charge in [-0.25, -0.2) is 26.7 Å². The lowest BCUT2D eigenvalue weighted by atomic mass is 9.98. The van der Waals surface area contributed by atoms with Crippen LogP contribution in [0.5, 0.6) is 0 Å². The minimum absolute atomic E-state index is 0.147. The number of sulfonamides is 1. The predicted molar refractivity (Wildman–Crippen MR) is 137 cm³/mol. The van der Waals surface area contributed by atoms with Gasteiger partial charge in [0, 0.05) is 22.9 Å². The number of aliphatic imine (C=N–C) groups is 1. The van der Waals surface area contributed by atoms with E-state index in [1.165, 1.54) is 18.5 Å². The van der Waals surface area contributed by atoms with Gasteiger partial charge in [-0.05, 0) is 73.4 Å². The topological polar surface area (TPSA) is 112 Å². The molecule has 0 bridgehead atoms. The first-order valence-electron chi connectivity index (χ1n) is 11.1. The molecule has 0 atom stereocenters.